The van der Waals surface area contributed by atoms with Crippen LogP contribution in [-0.2, 0) is 4.84 Å². The van der Waals surface area contributed by atoms with E-state index in [0.717, 1.165) is 5.56 Å². The third kappa shape index (κ3) is 4.69. The molecule has 2 rings (SSSR count). The number of carbonyl (C=O) groups excluding carboxylic acids is 1. The lowest BCUT2D eigenvalue weighted by Gasteiger charge is -2.12. The third-order valence-corrected chi connectivity index (χ3v) is 3.14. The molecule has 2 aromatic carbocycles. The number of benzene rings is 2. The number of rotatable bonds is 5. The third-order valence-electron chi connectivity index (χ3n) is 2.89. The van der Waals surface area contributed by atoms with E-state index < -0.39 is 5.97 Å². The Morgan fingerprint density at radius 1 is 1.05 bits per heavy atom. The van der Waals surface area contributed by atoms with Crippen LogP contribution in [0.4, 0.5) is 0 Å². The van der Waals surface area contributed by atoms with Gasteiger partial charge in [0, 0.05) is 17.1 Å². The molecule has 0 fully saturated rings. The Balaban J connectivity index is 2.18. The molecule has 0 amide bonds. The van der Waals surface area contributed by atoms with Gasteiger partial charge in [0.25, 0.3) is 0 Å². The van der Waals surface area contributed by atoms with Gasteiger partial charge >= 0.3 is 5.97 Å². The second-order valence-electron chi connectivity index (χ2n) is 5.03. The summed E-state index contributed by atoms with van der Waals surface area (Å²) in [5.41, 5.74) is 1.98. The molecular formula is C17H17ClN2O2. The zero-order valence-corrected chi connectivity index (χ0v) is 13.2. The minimum absolute atomic E-state index is 0.464. The van der Waals surface area contributed by atoms with Crippen molar-refractivity contribution in [1.82, 2.24) is 4.90 Å². The van der Waals surface area contributed by atoms with E-state index in [2.05, 4.69) is 5.16 Å². The highest BCUT2D eigenvalue weighted by atomic mass is 35.5. The number of halogens is 1. The molecule has 0 radical (unpaired) electrons. The number of hydrogen-bond acceptors (Lipinski definition) is 4. The first-order chi connectivity index (χ1) is 10.6. The Bertz CT molecular complexity index is 652. The van der Waals surface area contributed by atoms with Crippen LogP contribution in [-0.4, -0.2) is 37.2 Å². The van der Waals surface area contributed by atoms with Crippen molar-refractivity contribution >= 4 is 23.3 Å². The Labute approximate surface area is 135 Å². The van der Waals surface area contributed by atoms with Gasteiger partial charge in [0.2, 0.25) is 0 Å². The van der Waals surface area contributed by atoms with Crippen LogP contribution in [0.2, 0.25) is 5.02 Å². The smallest absolute Gasteiger partial charge is 0.312 e. The Kier molecular flexibility index (Phi) is 5.69. The summed E-state index contributed by atoms with van der Waals surface area (Å²) in [7, 11) is 3.84. The number of oxime groups is 1. The zero-order valence-electron chi connectivity index (χ0n) is 12.5. The molecule has 2 aromatic rings. The van der Waals surface area contributed by atoms with Crippen molar-refractivity contribution in [3.8, 4) is 0 Å². The summed E-state index contributed by atoms with van der Waals surface area (Å²) in [5.74, 6) is -0.481. The van der Waals surface area contributed by atoms with E-state index in [1.807, 2.05) is 37.2 Å². The molecule has 0 aliphatic heterocycles. The topological polar surface area (TPSA) is 41.9 Å². The largest absolute Gasteiger partial charge is 0.365 e. The van der Waals surface area contributed by atoms with Crippen molar-refractivity contribution in [3.63, 3.8) is 0 Å². The summed E-state index contributed by atoms with van der Waals surface area (Å²) in [6.45, 7) is 0.545. The van der Waals surface area contributed by atoms with Gasteiger partial charge in [-0.15, -0.1) is 0 Å². The molecule has 0 unspecified atom stereocenters. The fourth-order valence-electron chi connectivity index (χ4n) is 1.84. The van der Waals surface area contributed by atoms with Crippen LogP contribution in [0.3, 0.4) is 0 Å². The Hall–Kier alpha value is -2.17. The van der Waals surface area contributed by atoms with E-state index in [1.54, 1.807) is 36.4 Å². The van der Waals surface area contributed by atoms with E-state index in [-0.39, 0.29) is 0 Å². The van der Waals surface area contributed by atoms with Crippen LogP contribution in [0.15, 0.2) is 59.8 Å². The van der Waals surface area contributed by atoms with Crippen LogP contribution < -0.4 is 0 Å². The maximum absolute atomic E-state index is 12.0. The molecule has 4 nitrogen and oxygen atoms in total. The van der Waals surface area contributed by atoms with Gasteiger partial charge in [-0.3, -0.25) is 0 Å². The van der Waals surface area contributed by atoms with Gasteiger partial charge in [-0.1, -0.05) is 47.1 Å². The van der Waals surface area contributed by atoms with Crippen molar-refractivity contribution in [2.24, 2.45) is 5.16 Å². The molecule has 0 aliphatic rings. The van der Waals surface area contributed by atoms with Gasteiger partial charge < -0.3 is 9.74 Å². The molecular weight excluding hydrogens is 300 g/mol. The fraction of sp³-hybridized carbons (Fsp3) is 0.176. The van der Waals surface area contributed by atoms with Crippen molar-refractivity contribution in [2.75, 3.05) is 20.6 Å². The van der Waals surface area contributed by atoms with Crippen LogP contribution >= 0.6 is 11.6 Å². The fourth-order valence-corrected chi connectivity index (χ4v) is 1.96. The van der Waals surface area contributed by atoms with Crippen LogP contribution in [0.25, 0.3) is 0 Å². The van der Waals surface area contributed by atoms with Gasteiger partial charge in [0.15, 0.2) is 0 Å². The van der Waals surface area contributed by atoms with Gasteiger partial charge in [-0.05, 0) is 38.4 Å². The predicted molar refractivity (Wildman–Crippen MR) is 88.4 cm³/mol. The Morgan fingerprint density at radius 2 is 1.68 bits per heavy atom. The van der Waals surface area contributed by atoms with Crippen LogP contribution in [0.1, 0.15) is 15.9 Å². The van der Waals surface area contributed by atoms with E-state index in [0.29, 0.717) is 22.8 Å². The molecule has 22 heavy (non-hydrogen) atoms. The molecule has 114 valence electrons. The van der Waals surface area contributed by atoms with Gasteiger partial charge in [-0.25, -0.2) is 4.79 Å². The van der Waals surface area contributed by atoms with Crippen molar-refractivity contribution in [1.29, 1.82) is 0 Å². The molecule has 0 bridgehead atoms. The molecule has 0 N–H and O–H groups in total. The minimum Gasteiger partial charge on any atom is -0.312 e. The second kappa shape index (κ2) is 7.73. The maximum Gasteiger partial charge on any atom is 0.365 e. The highest BCUT2D eigenvalue weighted by molar-refractivity contribution is 6.30. The summed E-state index contributed by atoms with van der Waals surface area (Å²) in [5, 5.41) is 4.67. The highest BCUT2D eigenvalue weighted by Gasteiger charge is 2.10. The first-order valence-corrected chi connectivity index (χ1v) is 7.18. The molecule has 0 aliphatic carbocycles. The molecule has 0 spiro atoms. The first kappa shape index (κ1) is 16.2. The average molecular weight is 317 g/mol. The standard InChI is InChI=1S/C17H17ClN2O2/c1-20(2)12-16(13-8-10-15(18)11-9-13)19-22-17(21)14-6-4-3-5-7-14/h3-11H,12H2,1-2H3. The minimum atomic E-state index is -0.481. The quantitative estimate of drug-likeness (QED) is 0.482. The van der Waals surface area contributed by atoms with Crippen molar-refractivity contribution < 1.29 is 9.63 Å². The summed E-state index contributed by atoms with van der Waals surface area (Å²) < 4.78 is 0. The lowest BCUT2D eigenvalue weighted by Crippen LogP contribution is -2.23. The monoisotopic (exact) mass is 316 g/mol. The molecule has 5 heteroatoms. The first-order valence-electron chi connectivity index (χ1n) is 6.80. The van der Waals surface area contributed by atoms with Crippen LogP contribution in [0, 0.1) is 0 Å². The van der Waals surface area contributed by atoms with E-state index in [9.17, 15) is 4.79 Å². The molecule has 0 saturated carbocycles. The number of carbonyl (C=O) groups is 1. The summed E-state index contributed by atoms with van der Waals surface area (Å²) in [4.78, 5) is 19.0. The van der Waals surface area contributed by atoms with E-state index in [4.69, 9.17) is 16.4 Å². The molecule has 0 atom stereocenters. The lowest BCUT2D eigenvalue weighted by molar-refractivity contribution is 0.0515. The maximum atomic E-state index is 12.0. The van der Waals surface area contributed by atoms with Gasteiger partial charge in [0.05, 0.1) is 5.56 Å². The van der Waals surface area contributed by atoms with Crippen molar-refractivity contribution in [2.45, 2.75) is 0 Å². The lowest BCUT2D eigenvalue weighted by atomic mass is 10.1. The van der Waals surface area contributed by atoms with E-state index >= 15 is 0 Å². The average Bonchev–Trinajstić information content (AvgIpc) is 2.52. The summed E-state index contributed by atoms with van der Waals surface area (Å²) >= 11 is 5.89. The second-order valence-corrected chi connectivity index (χ2v) is 5.46. The molecule has 0 heterocycles. The van der Waals surface area contributed by atoms with E-state index in [1.165, 1.54) is 0 Å². The number of likely N-dealkylation sites (N-methyl/N-ethyl adjacent to an activating group) is 1. The Morgan fingerprint density at radius 3 is 2.27 bits per heavy atom. The summed E-state index contributed by atoms with van der Waals surface area (Å²) in [6.07, 6.45) is 0. The van der Waals surface area contributed by atoms with Crippen LogP contribution in [0.5, 0.6) is 0 Å². The zero-order chi connectivity index (χ0) is 15.9. The van der Waals surface area contributed by atoms with Crippen molar-refractivity contribution in [3.05, 3.63) is 70.7 Å². The molecule has 0 aromatic heterocycles. The SMILES string of the molecule is CN(C)CC(=NOC(=O)c1ccccc1)c1ccc(Cl)cc1. The van der Waals surface area contributed by atoms with Gasteiger partial charge in [-0.2, -0.15) is 0 Å². The predicted octanol–water partition coefficient (Wildman–Crippen LogP) is 3.46. The molecule has 0 saturated heterocycles. The number of nitrogens with zero attached hydrogens (tertiary/aromatic N) is 2. The normalized spacial score (nSPS) is 11.5. The van der Waals surface area contributed by atoms with Gasteiger partial charge in [0.1, 0.15) is 5.71 Å². The summed E-state index contributed by atoms with van der Waals surface area (Å²) in [6, 6.07) is 16.0. The highest BCUT2D eigenvalue weighted by Crippen LogP contribution is 2.11. The number of hydrogen-bond donors (Lipinski definition) is 0.